The number of halogens is 1. The van der Waals surface area contributed by atoms with E-state index in [1.807, 2.05) is 12.1 Å². The van der Waals surface area contributed by atoms with Gasteiger partial charge >= 0.3 is 0 Å². The van der Waals surface area contributed by atoms with Crippen molar-refractivity contribution in [2.24, 2.45) is 0 Å². The Labute approximate surface area is 218 Å². The molecule has 37 heavy (non-hydrogen) atoms. The van der Waals surface area contributed by atoms with Crippen LogP contribution in [0.5, 0.6) is 5.75 Å². The van der Waals surface area contributed by atoms with Crippen molar-refractivity contribution >= 4 is 23.2 Å². The van der Waals surface area contributed by atoms with Crippen LogP contribution < -0.4 is 10.1 Å². The maximum atomic E-state index is 12.7. The number of anilines is 1. The zero-order valence-corrected chi connectivity index (χ0v) is 20.7. The molecule has 11 nitrogen and oxygen atoms in total. The van der Waals surface area contributed by atoms with E-state index in [4.69, 9.17) is 31.1 Å². The van der Waals surface area contributed by atoms with Gasteiger partial charge in [0.25, 0.3) is 5.91 Å². The molecule has 196 valence electrons. The van der Waals surface area contributed by atoms with Crippen molar-refractivity contribution in [2.75, 3.05) is 11.9 Å². The summed E-state index contributed by atoms with van der Waals surface area (Å²) in [7, 11) is 0. The number of carbonyl (C=O) groups is 1. The quantitative estimate of drug-likeness (QED) is 0.331. The number of hydrogen-bond donors (Lipinski definition) is 5. The number of amides is 1. The van der Waals surface area contributed by atoms with E-state index in [-0.39, 0.29) is 34.2 Å². The van der Waals surface area contributed by atoms with E-state index >= 15 is 0 Å². The third kappa shape index (κ3) is 6.74. The molecule has 5 N–H and O–H groups in total. The summed E-state index contributed by atoms with van der Waals surface area (Å²) in [5.41, 5.74) is -0.865. The van der Waals surface area contributed by atoms with E-state index < -0.39 is 48.8 Å². The molecule has 0 aliphatic carbocycles. The van der Waals surface area contributed by atoms with Crippen molar-refractivity contribution in [1.82, 2.24) is 0 Å². The molecule has 6 atom stereocenters. The number of aliphatic hydroxyl groups excluding tert-OH is 3. The largest absolute Gasteiger partial charge is 0.490 e. The number of hydrogen-bond acceptors (Lipinski definition) is 10. The number of nitrogens with one attached hydrogen (secondary N) is 1. The Balaban J connectivity index is 1.69. The lowest BCUT2D eigenvalue weighted by Crippen LogP contribution is -2.57. The van der Waals surface area contributed by atoms with E-state index in [1.54, 1.807) is 0 Å². The summed E-state index contributed by atoms with van der Waals surface area (Å²) in [4.78, 5) is 12.7. The van der Waals surface area contributed by atoms with Crippen LogP contribution >= 0.6 is 11.6 Å². The average molecular weight is 532 g/mol. The van der Waals surface area contributed by atoms with Crippen LogP contribution in [0.4, 0.5) is 5.69 Å². The van der Waals surface area contributed by atoms with E-state index in [0.717, 1.165) is 0 Å². The van der Waals surface area contributed by atoms with Crippen LogP contribution in [0, 0.1) is 22.7 Å². The van der Waals surface area contributed by atoms with Gasteiger partial charge in [-0.2, -0.15) is 10.5 Å². The lowest BCUT2D eigenvalue weighted by atomic mass is 10.00. The van der Waals surface area contributed by atoms with Crippen molar-refractivity contribution in [3.05, 3.63) is 58.1 Å². The Hall–Kier alpha value is -3.26. The Morgan fingerprint density at radius 2 is 1.86 bits per heavy atom. The second-order valence-electron chi connectivity index (χ2n) is 8.75. The van der Waals surface area contributed by atoms with Crippen LogP contribution in [0.2, 0.25) is 5.02 Å². The Kier molecular flexibility index (Phi) is 9.07. The molecule has 2 aromatic carbocycles. The van der Waals surface area contributed by atoms with E-state index in [2.05, 4.69) is 5.32 Å². The minimum absolute atomic E-state index is 0.141. The maximum absolute atomic E-state index is 12.7. The molecule has 1 amide bonds. The van der Waals surface area contributed by atoms with Crippen LogP contribution in [-0.2, 0) is 20.9 Å². The molecule has 5 unspecified atom stereocenters. The predicted molar refractivity (Wildman–Crippen MR) is 129 cm³/mol. The molecule has 1 saturated heterocycles. The van der Waals surface area contributed by atoms with Gasteiger partial charge < -0.3 is 40.0 Å². The molecule has 0 spiro atoms. The topological polar surface area (TPSA) is 185 Å². The zero-order valence-electron chi connectivity index (χ0n) is 20.0. The van der Waals surface area contributed by atoms with Crippen LogP contribution in [0.15, 0.2) is 36.4 Å². The minimum atomic E-state index is -2.00. The van der Waals surface area contributed by atoms with Gasteiger partial charge in [-0.1, -0.05) is 11.6 Å². The SMILES string of the molecule is CC1OC(OCc2cc(C#N)ccc2OC[C@](C)(O)C(=O)Nc2ccc(C#N)c(Cl)c2)C(O)C(O)C1O. The molecule has 2 aromatic rings. The predicted octanol–water partition coefficient (Wildman–Crippen LogP) is 1.20. The van der Waals surface area contributed by atoms with Gasteiger partial charge in [0, 0.05) is 11.3 Å². The highest BCUT2D eigenvalue weighted by Gasteiger charge is 2.42. The number of benzene rings is 2. The molecular weight excluding hydrogens is 506 g/mol. The van der Waals surface area contributed by atoms with Crippen molar-refractivity contribution in [1.29, 1.82) is 10.5 Å². The fraction of sp³-hybridized carbons (Fsp3) is 0.400. The normalized spacial score (nSPS) is 24.8. The van der Waals surface area contributed by atoms with Gasteiger partial charge in [-0.05, 0) is 50.2 Å². The summed E-state index contributed by atoms with van der Waals surface area (Å²) >= 11 is 5.98. The molecule has 0 radical (unpaired) electrons. The average Bonchev–Trinajstić information content (AvgIpc) is 2.87. The second kappa shape index (κ2) is 11.9. The van der Waals surface area contributed by atoms with Crippen LogP contribution in [0.3, 0.4) is 0 Å². The van der Waals surface area contributed by atoms with Crippen molar-refractivity contribution in [3.8, 4) is 17.9 Å². The van der Waals surface area contributed by atoms with E-state index in [0.29, 0.717) is 5.56 Å². The standard InChI is InChI=1S/C25H26ClN3O8/c1-13-20(30)21(31)22(32)23(37-13)35-11-16-7-14(9-27)3-6-19(16)36-12-25(2,34)24(33)29-17-5-4-15(10-28)18(26)8-17/h3-8,13,20-23,30-32,34H,11-12H2,1-2H3,(H,29,33)/t13?,20?,21?,22?,23?,25-/m0/s1. The minimum Gasteiger partial charge on any atom is -0.490 e. The van der Waals surface area contributed by atoms with Crippen molar-refractivity contribution < 1.29 is 39.4 Å². The fourth-order valence-corrected chi connectivity index (χ4v) is 3.68. The monoisotopic (exact) mass is 531 g/mol. The summed E-state index contributed by atoms with van der Waals surface area (Å²) in [6.45, 7) is 2.06. The highest BCUT2D eigenvalue weighted by molar-refractivity contribution is 6.32. The molecule has 0 aromatic heterocycles. The smallest absolute Gasteiger partial charge is 0.259 e. The molecule has 1 aliphatic heterocycles. The van der Waals surface area contributed by atoms with Crippen molar-refractivity contribution in [3.63, 3.8) is 0 Å². The van der Waals surface area contributed by atoms with Gasteiger partial charge in [0.05, 0.1) is 34.9 Å². The first-order chi connectivity index (χ1) is 17.5. The summed E-state index contributed by atoms with van der Waals surface area (Å²) in [5, 5.41) is 61.6. The summed E-state index contributed by atoms with van der Waals surface area (Å²) in [6.07, 6.45) is -6.35. The highest BCUT2D eigenvalue weighted by Crippen LogP contribution is 2.27. The molecule has 0 bridgehead atoms. The first-order valence-corrected chi connectivity index (χ1v) is 11.5. The van der Waals surface area contributed by atoms with Crippen LogP contribution in [0.1, 0.15) is 30.5 Å². The molecule has 1 fully saturated rings. The first kappa shape index (κ1) is 28.3. The number of nitriles is 2. The molecule has 0 saturated carbocycles. The molecule has 3 rings (SSSR count). The zero-order chi connectivity index (χ0) is 27.3. The number of carbonyl (C=O) groups excluding carboxylic acids is 1. The van der Waals surface area contributed by atoms with Gasteiger partial charge in [-0.15, -0.1) is 0 Å². The van der Waals surface area contributed by atoms with Gasteiger partial charge in [-0.25, -0.2) is 0 Å². The fourth-order valence-electron chi connectivity index (χ4n) is 3.46. The Bertz CT molecular complexity index is 1230. The Morgan fingerprint density at radius 1 is 1.14 bits per heavy atom. The Morgan fingerprint density at radius 3 is 2.51 bits per heavy atom. The molecular formula is C25H26ClN3O8. The van der Waals surface area contributed by atoms with Gasteiger partial charge in [0.1, 0.15) is 36.7 Å². The lowest BCUT2D eigenvalue weighted by Gasteiger charge is -2.39. The summed E-state index contributed by atoms with van der Waals surface area (Å²) in [5.74, 6) is -0.604. The number of nitrogens with zero attached hydrogens (tertiary/aromatic N) is 2. The summed E-state index contributed by atoms with van der Waals surface area (Å²) < 4.78 is 16.7. The number of ether oxygens (including phenoxy) is 3. The third-order valence-electron chi connectivity index (χ3n) is 5.75. The molecule has 1 heterocycles. The van der Waals surface area contributed by atoms with Gasteiger partial charge in [0.2, 0.25) is 0 Å². The van der Waals surface area contributed by atoms with Gasteiger partial charge in [0.15, 0.2) is 11.9 Å². The third-order valence-corrected chi connectivity index (χ3v) is 6.06. The maximum Gasteiger partial charge on any atom is 0.259 e. The van der Waals surface area contributed by atoms with E-state index in [1.165, 1.54) is 50.2 Å². The number of rotatable bonds is 8. The van der Waals surface area contributed by atoms with Crippen molar-refractivity contribution in [2.45, 2.75) is 56.8 Å². The first-order valence-electron chi connectivity index (χ1n) is 11.2. The second-order valence-corrected chi connectivity index (χ2v) is 9.16. The molecule has 1 aliphatic rings. The summed E-state index contributed by atoms with van der Waals surface area (Å²) in [6, 6.07) is 12.6. The highest BCUT2D eigenvalue weighted by atomic mass is 35.5. The molecule has 12 heteroatoms. The van der Waals surface area contributed by atoms with Crippen LogP contribution in [-0.4, -0.2) is 69.2 Å². The lowest BCUT2D eigenvalue weighted by molar-refractivity contribution is -0.296. The van der Waals surface area contributed by atoms with Gasteiger partial charge in [-0.3, -0.25) is 4.79 Å². The van der Waals surface area contributed by atoms with E-state index in [9.17, 15) is 30.5 Å². The number of aliphatic hydroxyl groups is 4. The van der Waals surface area contributed by atoms with Crippen LogP contribution in [0.25, 0.3) is 0 Å².